The van der Waals surface area contributed by atoms with Gasteiger partial charge in [-0.2, -0.15) is 0 Å². The van der Waals surface area contributed by atoms with Gasteiger partial charge in [-0.3, -0.25) is 9.59 Å². The third kappa shape index (κ3) is 9.33. The van der Waals surface area contributed by atoms with Crippen molar-refractivity contribution in [2.75, 3.05) is 36.1 Å². The predicted molar refractivity (Wildman–Crippen MR) is 240 cm³/mol. The lowest BCUT2D eigenvalue weighted by atomic mass is 10.1. The molecule has 2 aromatic heterocycles. The highest BCUT2D eigenvalue weighted by Crippen LogP contribution is 2.46. The van der Waals surface area contributed by atoms with Crippen LogP contribution in [0, 0.1) is 5.92 Å². The summed E-state index contributed by atoms with van der Waals surface area (Å²) in [5, 5.41) is 15.7. The molecule has 62 heavy (non-hydrogen) atoms. The number of benzene rings is 3. The van der Waals surface area contributed by atoms with E-state index in [9.17, 15) is 22.8 Å². The molecule has 1 saturated heterocycles. The second kappa shape index (κ2) is 18.0. The summed E-state index contributed by atoms with van der Waals surface area (Å²) < 4.78 is 42.2. The molecule has 3 aliphatic rings. The zero-order chi connectivity index (χ0) is 43.4. The number of likely N-dealkylation sites (tertiary alicyclic amines) is 1. The molecule has 1 saturated carbocycles. The van der Waals surface area contributed by atoms with Gasteiger partial charge in [0, 0.05) is 53.5 Å². The summed E-state index contributed by atoms with van der Waals surface area (Å²) in [5.41, 5.74) is 1.15. The number of urea groups is 1. The number of methoxy groups -OCH3 is 1. The van der Waals surface area contributed by atoms with Crippen molar-refractivity contribution in [3.05, 3.63) is 96.4 Å². The average Bonchev–Trinajstić information content (AvgIpc) is 3.51. The number of anilines is 3. The molecule has 2 aliphatic heterocycles. The van der Waals surface area contributed by atoms with E-state index in [2.05, 4.69) is 26.0 Å². The van der Waals surface area contributed by atoms with Crippen LogP contribution < -0.4 is 35.5 Å². The fourth-order valence-corrected chi connectivity index (χ4v) is 10.0. The minimum absolute atomic E-state index is 0.0197. The van der Waals surface area contributed by atoms with E-state index in [1.165, 1.54) is 22.3 Å². The Morgan fingerprint density at radius 1 is 0.984 bits per heavy atom. The van der Waals surface area contributed by atoms with Crippen LogP contribution in [0.15, 0.2) is 101 Å². The molecule has 4 atom stereocenters. The van der Waals surface area contributed by atoms with Crippen molar-refractivity contribution in [3.63, 3.8) is 0 Å². The van der Waals surface area contributed by atoms with Gasteiger partial charge in [-0.15, -0.1) is 11.3 Å². The number of allylic oxidation sites excluding steroid dienone is 1. The van der Waals surface area contributed by atoms with Crippen LogP contribution in [0.25, 0.3) is 22.3 Å². The number of nitrogens with one attached hydrogen (secondary N) is 5. The van der Waals surface area contributed by atoms with Gasteiger partial charge in [0.1, 0.15) is 39.8 Å². The molecule has 8 rings (SSSR count). The molecule has 0 unspecified atom stereocenters. The van der Waals surface area contributed by atoms with Gasteiger partial charge in [0.2, 0.25) is 5.91 Å². The number of fused-ring (bicyclic) bond motifs is 3. The third-order valence-corrected chi connectivity index (χ3v) is 13.4. The third-order valence-electron chi connectivity index (χ3n) is 11.2. The second-order valence-electron chi connectivity index (χ2n) is 16.1. The maximum Gasteiger partial charge on any atom is 0.322 e. The van der Waals surface area contributed by atoms with E-state index in [0.29, 0.717) is 51.7 Å². The Morgan fingerprint density at radius 3 is 2.60 bits per heavy atom. The highest BCUT2D eigenvalue weighted by atomic mass is 32.2. The van der Waals surface area contributed by atoms with Crippen molar-refractivity contribution in [3.8, 4) is 22.9 Å². The van der Waals surface area contributed by atoms with E-state index in [1.54, 1.807) is 55.6 Å². The number of ether oxygens (including phenoxy) is 2. The molecular weight excluding hydrogens is 829 g/mol. The molecule has 0 spiro atoms. The molecule has 5 N–H and O–H groups in total. The first-order valence-electron chi connectivity index (χ1n) is 20.8. The van der Waals surface area contributed by atoms with E-state index in [-0.39, 0.29) is 30.3 Å². The van der Waals surface area contributed by atoms with Gasteiger partial charge in [-0.25, -0.2) is 27.9 Å². The topological polar surface area (TPSA) is 193 Å². The largest absolute Gasteiger partial charge is 0.497 e. The SMILES string of the molecule is COc1ccc2c(O[C@@H]3C[C@@H](C(=O)N[C@]45C[C@H]4C=CCCCCCNc4ccccc4S(=O)(=O)NC5=O)N(C(=O)Nc4ccccc4)C3)cc(-c3csc(NC(C)C)n3)nc2c1. The Kier molecular flexibility index (Phi) is 12.4. The van der Waals surface area contributed by atoms with Crippen molar-refractivity contribution in [2.45, 2.75) is 81.0 Å². The first-order chi connectivity index (χ1) is 29.9. The maximum atomic E-state index is 14.6. The van der Waals surface area contributed by atoms with Crippen LogP contribution in [0.3, 0.4) is 0 Å². The summed E-state index contributed by atoms with van der Waals surface area (Å²) in [4.78, 5) is 54.0. The maximum absolute atomic E-state index is 14.6. The lowest BCUT2D eigenvalue weighted by Crippen LogP contribution is -2.56. The molecule has 4 heterocycles. The van der Waals surface area contributed by atoms with Gasteiger partial charge in [-0.05, 0) is 75.9 Å². The van der Waals surface area contributed by atoms with E-state index in [4.69, 9.17) is 19.4 Å². The van der Waals surface area contributed by atoms with Crippen LogP contribution >= 0.6 is 11.3 Å². The molecule has 2 fully saturated rings. The van der Waals surface area contributed by atoms with Crippen LogP contribution in [0.4, 0.5) is 21.3 Å². The highest BCUT2D eigenvalue weighted by molar-refractivity contribution is 7.90. The van der Waals surface area contributed by atoms with Crippen LogP contribution in [0.1, 0.15) is 52.4 Å². The zero-order valence-corrected chi connectivity index (χ0v) is 36.4. The average molecular weight is 879 g/mol. The molecular formula is C45H50N8O7S2. The van der Waals surface area contributed by atoms with Crippen molar-refractivity contribution in [2.24, 2.45) is 5.92 Å². The predicted octanol–water partition coefficient (Wildman–Crippen LogP) is 7.16. The number of aromatic nitrogens is 2. The lowest BCUT2D eigenvalue weighted by Gasteiger charge is -2.26. The Hall–Kier alpha value is -6.20. The van der Waals surface area contributed by atoms with Crippen molar-refractivity contribution < 1.29 is 32.3 Å². The second-order valence-corrected chi connectivity index (χ2v) is 18.6. The normalized spacial score (nSPS) is 22.2. The van der Waals surface area contributed by atoms with Gasteiger partial charge in [0.25, 0.3) is 15.9 Å². The minimum atomic E-state index is -4.35. The number of rotatable bonds is 9. The summed E-state index contributed by atoms with van der Waals surface area (Å²) >= 11 is 1.46. The van der Waals surface area contributed by atoms with Gasteiger partial charge in [0.15, 0.2) is 5.13 Å². The number of carbonyl (C=O) groups excluding carboxylic acids is 3. The molecule has 4 amide bonds. The fraction of sp³-hybridized carbons (Fsp3) is 0.356. The Labute approximate surface area is 364 Å². The van der Waals surface area contributed by atoms with Crippen LogP contribution in [-0.2, 0) is 19.6 Å². The molecule has 1 aliphatic carbocycles. The quantitative estimate of drug-likeness (QED) is 0.0944. The number of carbonyl (C=O) groups is 3. The molecule has 17 heteroatoms. The molecule has 5 aromatic rings. The van der Waals surface area contributed by atoms with Gasteiger partial charge < -0.3 is 35.6 Å². The lowest BCUT2D eigenvalue weighted by molar-refractivity contribution is -0.131. The van der Waals surface area contributed by atoms with Gasteiger partial charge in [0.05, 0.1) is 30.6 Å². The number of hydrogen-bond acceptors (Lipinski definition) is 12. The van der Waals surface area contributed by atoms with Crippen LogP contribution in [0.5, 0.6) is 11.5 Å². The number of amides is 4. The van der Waals surface area contributed by atoms with Crippen molar-refractivity contribution in [1.82, 2.24) is 24.9 Å². The summed E-state index contributed by atoms with van der Waals surface area (Å²) in [5.74, 6) is -0.855. The minimum Gasteiger partial charge on any atom is -0.497 e. The first-order valence-corrected chi connectivity index (χ1v) is 23.2. The Morgan fingerprint density at radius 2 is 1.79 bits per heavy atom. The van der Waals surface area contributed by atoms with E-state index in [1.807, 2.05) is 55.6 Å². The zero-order valence-electron chi connectivity index (χ0n) is 34.7. The van der Waals surface area contributed by atoms with Crippen LogP contribution in [0.2, 0.25) is 0 Å². The molecule has 324 valence electrons. The standard InChI is InChI=1S/C45H50N8O7S2/c1-28(2)47-43-50-37(27-61-43)36-24-39(33-20-19-31(59-3)22-35(33)49-36)60-32-23-38(53(26-32)44(56)48-30-15-9-7-10-16-30)41(54)51-45-25-29(45)14-8-5-4-6-13-21-46-34-17-11-12-18-40(34)62(57,58)52-42(45)55/h7-12,14-20,22,24,27-29,32,38,46H,4-6,13,21,23,25-26H2,1-3H3,(H,47,50)(H,48,56)(H,51,54)(H,52,55)/t29-,32-,38+,45-/m1/s1. The number of sulfonamides is 1. The Bertz CT molecular complexity index is 2600. The van der Waals surface area contributed by atoms with Crippen LogP contribution in [-0.4, -0.2) is 85.1 Å². The van der Waals surface area contributed by atoms with Gasteiger partial charge in [-0.1, -0.05) is 48.9 Å². The summed E-state index contributed by atoms with van der Waals surface area (Å²) in [6, 6.07) is 21.1. The van der Waals surface area contributed by atoms with E-state index < -0.39 is 51.5 Å². The number of pyridine rings is 1. The summed E-state index contributed by atoms with van der Waals surface area (Å²) in [6.45, 7) is 4.66. The Balaban J connectivity index is 1.10. The number of nitrogens with zero attached hydrogens (tertiary/aromatic N) is 3. The van der Waals surface area contributed by atoms with Crippen molar-refractivity contribution in [1.29, 1.82) is 0 Å². The summed E-state index contributed by atoms with van der Waals surface area (Å²) in [6.07, 6.45) is 6.87. The number of thiazole rings is 1. The van der Waals surface area contributed by atoms with E-state index in [0.717, 1.165) is 30.8 Å². The molecule has 3 aromatic carbocycles. The molecule has 15 nitrogen and oxygen atoms in total. The first kappa shape index (κ1) is 42.5. The number of para-hydroxylation sites is 2. The summed E-state index contributed by atoms with van der Waals surface area (Å²) in [7, 11) is -2.77. The smallest absolute Gasteiger partial charge is 0.322 e. The number of hydrogen-bond donors (Lipinski definition) is 5. The highest BCUT2D eigenvalue weighted by Gasteiger charge is 2.61. The van der Waals surface area contributed by atoms with Crippen molar-refractivity contribution >= 4 is 66.6 Å². The van der Waals surface area contributed by atoms with Gasteiger partial charge >= 0.3 is 6.03 Å². The fourth-order valence-electron chi connectivity index (χ4n) is 7.94. The monoisotopic (exact) mass is 878 g/mol. The molecule has 0 bridgehead atoms. The van der Waals surface area contributed by atoms with E-state index >= 15 is 0 Å². The molecule has 0 radical (unpaired) electrons.